The Morgan fingerprint density at radius 1 is 1.54 bits per heavy atom. The number of carbonyl (C=O) groups excluding carboxylic acids is 1. The molecule has 5 heteroatoms. The van der Waals surface area contributed by atoms with Gasteiger partial charge in [-0.15, -0.1) is 0 Å². The Bertz CT molecular complexity index is 325. The lowest BCUT2D eigenvalue weighted by Crippen LogP contribution is -2.20. The molecule has 0 saturated carbocycles. The molecule has 0 heterocycles. The van der Waals surface area contributed by atoms with Crippen LogP contribution in [-0.2, 0) is 4.79 Å². The summed E-state index contributed by atoms with van der Waals surface area (Å²) in [5.74, 6) is -0.188. The van der Waals surface area contributed by atoms with Gasteiger partial charge < -0.3 is 21.3 Å². The van der Waals surface area contributed by atoms with Crippen molar-refractivity contribution in [3.05, 3.63) is 18.2 Å². The van der Waals surface area contributed by atoms with Crippen LogP contribution in [0.5, 0.6) is 11.5 Å². The SMILES string of the molecule is NC(=O)COc1ccc(O)c(N)c1. The van der Waals surface area contributed by atoms with E-state index >= 15 is 0 Å². The van der Waals surface area contributed by atoms with Crippen molar-refractivity contribution in [2.45, 2.75) is 0 Å². The number of hydrogen-bond acceptors (Lipinski definition) is 4. The number of phenolic OH excluding ortho intramolecular Hbond substituents is 1. The third kappa shape index (κ3) is 2.55. The molecule has 5 N–H and O–H groups in total. The molecule has 1 rings (SSSR count). The highest BCUT2D eigenvalue weighted by Crippen LogP contribution is 2.24. The topological polar surface area (TPSA) is 98.6 Å². The van der Waals surface area contributed by atoms with Gasteiger partial charge in [-0.25, -0.2) is 0 Å². The summed E-state index contributed by atoms with van der Waals surface area (Å²) in [7, 11) is 0. The van der Waals surface area contributed by atoms with Crippen molar-refractivity contribution in [1.29, 1.82) is 0 Å². The van der Waals surface area contributed by atoms with E-state index in [0.717, 1.165) is 0 Å². The average molecular weight is 182 g/mol. The highest BCUT2D eigenvalue weighted by Gasteiger charge is 2.00. The Kier molecular flexibility index (Phi) is 2.59. The van der Waals surface area contributed by atoms with Gasteiger partial charge in [0.25, 0.3) is 5.91 Å². The Hall–Kier alpha value is -1.91. The first kappa shape index (κ1) is 9.18. The van der Waals surface area contributed by atoms with Crippen molar-refractivity contribution in [3.63, 3.8) is 0 Å². The van der Waals surface area contributed by atoms with E-state index in [9.17, 15) is 4.79 Å². The molecule has 0 fully saturated rings. The van der Waals surface area contributed by atoms with Crippen LogP contribution < -0.4 is 16.2 Å². The number of nitrogens with two attached hydrogens (primary N) is 2. The van der Waals surface area contributed by atoms with Crippen LogP contribution in [0.15, 0.2) is 18.2 Å². The van der Waals surface area contributed by atoms with Crippen LogP contribution in [0.3, 0.4) is 0 Å². The number of primary amides is 1. The highest BCUT2D eigenvalue weighted by molar-refractivity contribution is 5.75. The van der Waals surface area contributed by atoms with Crippen LogP contribution in [-0.4, -0.2) is 17.6 Å². The van der Waals surface area contributed by atoms with E-state index in [1.165, 1.54) is 18.2 Å². The molecule has 70 valence electrons. The van der Waals surface area contributed by atoms with E-state index in [1.807, 2.05) is 0 Å². The Morgan fingerprint density at radius 2 is 2.23 bits per heavy atom. The quantitative estimate of drug-likeness (QED) is 0.446. The smallest absolute Gasteiger partial charge is 0.255 e. The molecule has 0 unspecified atom stereocenters. The minimum absolute atomic E-state index is 0.0218. The lowest BCUT2D eigenvalue weighted by atomic mass is 10.3. The monoisotopic (exact) mass is 182 g/mol. The first-order valence-electron chi connectivity index (χ1n) is 3.59. The van der Waals surface area contributed by atoms with Crippen molar-refractivity contribution in [3.8, 4) is 11.5 Å². The number of ether oxygens (including phenoxy) is 1. The van der Waals surface area contributed by atoms with E-state index in [-0.39, 0.29) is 18.0 Å². The van der Waals surface area contributed by atoms with Crippen molar-refractivity contribution in [1.82, 2.24) is 0 Å². The summed E-state index contributed by atoms with van der Waals surface area (Å²) in [6.07, 6.45) is 0. The zero-order valence-corrected chi connectivity index (χ0v) is 6.86. The highest BCUT2D eigenvalue weighted by atomic mass is 16.5. The fraction of sp³-hybridized carbons (Fsp3) is 0.125. The molecule has 5 nitrogen and oxygen atoms in total. The maximum Gasteiger partial charge on any atom is 0.255 e. The molecule has 0 saturated heterocycles. The number of benzene rings is 1. The van der Waals surface area contributed by atoms with Crippen molar-refractivity contribution >= 4 is 11.6 Å². The molecule has 0 aliphatic carbocycles. The maximum atomic E-state index is 10.3. The number of anilines is 1. The second-order valence-corrected chi connectivity index (χ2v) is 2.48. The Labute approximate surface area is 74.9 Å². The van der Waals surface area contributed by atoms with E-state index in [1.54, 1.807) is 0 Å². The third-order valence-corrected chi connectivity index (χ3v) is 1.38. The van der Waals surface area contributed by atoms with Gasteiger partial charge in [0.15, 0.2) is 6.61 Å². The minimum Gasteiger partial charge on any atom is -0.506 e. The summed E-state index contributed by atoms with van der Waals surface area (Å²) < 4.78 is 4.94. The lowest BCUT2D eigenvalue weighted by molar-refractivity contribution is -0.119. The molecule has 1 amide bonds. The van der Waals surface area contributed by atoms with Gasteiger partial charge in [0.2, 0.25) is 0 Å². The number of phenols is 1. The zero-order valence-electron chi connectivity index (χ0n) is 6.86. The van der Waals surface area contributed by atoms with Crippen LogP contribution in [0.2, 0.25) is 0 Å². The fourth-order valence-corrected chi connectivity index (χ4v) is 0.777. The number of aromatic hydroxyl groups is 1. The predicted molar refractivity (Wildman–Crippen MR) is 47.2 cm³/mol. The lowest BCUT2D eigenvalue weighted by Gasteiger charge is -2.04. The predicted octanol–water partition coefficient (Wildman–Crippen LogP) is -0.162. The summed E-state index contributed by atoms with van der Waals surface area (Å²) in [5, 5.41) is 9.05. The molecule has 0 bridgehead atoms. The van der Waals surface area contributed by atoms with Crippen LogP contribution in [0.4, 0.5) is 5.69 Å². The second-order valence-electron chi connectivity index (χ2n) is 2.48. The summed E-state index contributed by atoms with van der Waals surface area (Å²) in [6.45, 7) is -0.204. The van der Waals surface area contributed by atoms with Gasteiger partial charge in [-0.3, -0.25) is 4.79 Å². The van der Waals surface area contributed by atoms with Crippen molar-refractivity contribution in [2.24, 2.45) is 5.73 Å². The maximum absolute atomic E-state index is 10.3. The van der Waals surface area contributed by atoms with Gasteiger partial charge in [-0.1, -0.05) is 0 Å². The molecule has 0 aliphatic rings. The third-order valence-electron chi connectivity index (χ3n) is 1.38. The van der Waals surface area contributed by atoms with E-state index in [0.29, 0.717) is 5.75 Å². The number of rotatable bonds is 3. The normalized spacial score (nSPS) is 9.54. The summed E-state index contributed by atoms with van der Waals surface area (Å²) in [5.41, 5.74) is 10.4. The van der Waals surface area contributed by atoms with Gasteiger partial charge in [-0.2, -0.15) is 0 Å². The molecular formula is C8H10N2O3. The van der Waals surface area contributed by atoms with Gasteiger partial charge in [0.05, 0.1) is 5.69 Å². The van der Waals surface area contributed by atoms with Gasteiger partial charge in [0, 0.05) is 6.07 Å². The molecule has 0 aliphatic heterocycles. The molecule has 0 atom stereocenters. The van der Waals surface area contributed by atoms with Crippen molar-refractivity contribution < 1.29 is 14.6 Å². The van der Waals surface area contributed by atoms with E-state index < -0.39 is 5.91 Å². The fourth-order valence-electron chi connectivity index (χ4n) is 0.777. The average Bonchev–Trinajstić information content (AvgIpc) is 2.07. The summed E-state index contributed by atoms with van der Waals surface area (Å²) >= 11 is 0. The molecule has 0 aromatic heterocycles. The first-order chi connectivity index (χ1) is 6.09. The van der Waals surface area contributed by atoms with E-state index in [2.05, 4.69) is 0 Å². The largest absolute Gasteiger partial charge is 0.506 e. The standard InChI is InChI=1S/C8H10N2O3/c9-6-3-5(1-2-7(6)11)13-4-8(10)12/h1-3,11H,4,9H2,(H2,10,12). The molecular weight excluding hydrogens is 172 g/mol. The zero-order chi connectivity index (χ0) is 9.84. The summed E-state index contributed by atoms with van der Waals surface area (Å²) in [4.78, 5) is 10.3. The first-order valence-corrected chi connectivity index (χ1v) is 3.59. The van der Waals surface area contributed by atoms with Gasteiger partial charge >= 0.3 is 0 Å². The van der Waals surface area contributed by atoms with Crippen LogP contribution >= 0.6 is 0 Å². The van der Waals surface area contributed by atoms with Crippen LogP contribution in [0, 0.1) is 0 Å². The Morgan fingerprint density at radius 3 is 2.77 bits per heavy atom. The molecule has 0 spiro atoms. The molecule has 1 aromatic carbocycles. The van der Waals surface area contributed by atoms with Crippen LogP contribution in [0.25, 0.3) is 0 Å². The Balaban J connectivity index is 2.68. The molecule has 1 aromatic rings. The molecule has 0 radical (unpaired) electrons. The van der Waals surface area contributed by atoms with Gasteiger partial charge in [-0.05, 0) is 12.1 Å². The van der Waals surface area contributed by atoms with E-state index in [4.69, 9.17) is 21.3 Å². The number of hydrogen-bond donors (Lipinski definition) is 3. The van der Waals surface area contributed by atoms with Gasteiger partial charge in [0.1, 0.15) is 11.5 Å². The molecule has 13 heavy (non-hydrogen) atoms. The van der Waals surface area contributed by atoms with Crippen molar-refractivity contribution in [2.75, 3.05) is 12.3 Å². The minimum atomic E-state index is -0.563. The summed E-state index contributed by atoms with van der Waals surface area (Å²) in [6, 6.07) is 4.29. The number of amides is 1. The van der Waals surface area contributed by atoms with Crippen LogP contribution in [0.1, 0.15) is 0 Å². The number of nitrogen functional groups attached to an aromatic ring is 1. The second kappa shape index (κ2) is 3.66. The number of carbonyl (C=O) groups is 1.